The maximum absolute atomic E-state index is 12.7. The van der Waals surface area contributed by atoms with Crippen LogP contribution in [-0.2, 0) is 9.59 Å². The highest BCUT2D eigenvalue weighted by molar-refractivity contribution is 7.07. The van der Waals surface area contributed by atoms with Crippen molar-refractivity contribution < 1.29 is 19.1 Å². The number of fused-ring (bicyclic) bond motifs is 1. The van der Waals surface area contributed by atoms with Crippen LogP contribution < -0.4 is 19.7 Å². The molecule has 1 aromatic carbocycles. The van der Waals surface area contributed by atoms with Gasteiger partial charge in [-0.3, -0.25) is 9.59 Å². The van der Waals surface area contributed by atoms with E-state index in [1.807, 2.05) is 37.7 Å². The van der Waals surface area contributed by atoms with Crippen LogP contribution in [0.15, 0.2) is 35.0 Å². The standard InChI is InChI=1S/C21H25N3O4S/c1-23(2)17(14-5-8-29-13-14)11-22-21(26)15-9-20(25)24(12-15)16-3-4-18-19(10-16)28-7-6-27-18/h3-5,8,10,13,15,17H,6-7,9,11-12H2,1-2H3,(H,22,26)/t15-,17+/m1/s1. The van der Waals surface area contributed by atoms with Gasteiger partial charge < -0.3 is 24.6 Å². The smallest absolute Gasteiger partial charge is 0.227 e. The summed E-state index contributed by atoms with van der Waals surface area (Å²) < 4.78 is 11.1. The van der Waals surface area contributed by atoms with Crippen LogP contribution in [0, 0.1) is 5.92 Å². The van der Waals surface area contributed by atoms with Gasteiger partial charge in [-0.05, 0) is 48.6 Å². The van der Waals surface area contributed by atoms with Crippen molar-refractivity contribution in [2.45, 2.75) is 12.5 Å². The third-order valence-corrected chi connectivity index (χ3v) is 6.06. The monoisotopic (exact) mass is 415 g/mol. The van der Waals surface area contributed by atoms with E-state index in [0.717, 1.165) is 5.69 Å². The van der Waals surface area contributed by atoms with Crippen molar-refractivity contribution in [3.8, 4) is 11.5 Å². The van der Waals surface area contributed by atoms with Crippen molar-refractivity contribution in [1.29, 1.82) is 0 Å². The molecule has 0 aliphatic carbocycles. The minimum atomic E-state index is -0.360. The number of hydrogen-bond donors (Lipinski definition) is 1. The molecule has 1 saturated heterocycles. The molecule has 2 aromatic rings. The summed E-state index contributed by atoms with van der Waals surface area (Å²) in [6, 6.07) is 7.64. The second-order valence-corrected chi connectivity index (χ2v) is 8.29. The number of carbonyl (C=O) groups excluding carboxylic acids is 2. The van der Waals surface area contributed by atoms with Crippen LogP contribution in [0.4, 0.5) is 5.69 Å². The van der Waals surface area contributed by atoms with Crippen LogP contribution in [0.3, 0.4) is 0 Å². The summed E-state index contributed by atoms with van der Waals surface area (Å²) in [4.78, 5) is 29.0. The minimum absolute atomic E-state index is 0.0520. The van der Waals surface area contributed by atoms with E-state index < -0.39 is 0 Å². The van der Waals surface area contributed by atoms with Gasteiger partial charge in [0.05, 0.1) is 12.0 Å². The van der Waals surface area contributed by atoms with E-state index in [0.29, 0.717) is 37.8 Å². The molecule has 3 heterocycles. The average Bonchev–Trinajstić information content (AvgIpc) is 3.37. The summed E-state index contributed by atoms with van der Waals surface area (Å²) in [5, 5.41) is 7.17. The molecule has 2 atom stereocenters. The minimum Gasteiger partial charge on any atom is -0.486 e. The number of thiophene rings is 1. The lowest BCUT2D eigenvalue weighted by Crippen LogP contribution is -2.38. The van der Waals surface area contributed by atoms with Gasteiger partial charge in [-0.1, -0.05) is 0 Å². The lowest BCUT2D eigenvalue weighted by Gasteiger charge is -2.25. The SMILES string of the molecule is CN(C)[C@@H](CNC(=O)[C@@H]1CC(=O)N(c2ccc3c(c2)OCCO3)C1)c1ccsc1. The van der Waals surface area contributed by atoms with Crippen molar-refractivity contribution in [3.63, 3.8) is 0 Å². The fraction of sp³-hybridized carbons (Fsp3) is 0.429. The highest BCUT2D eigenvalue weighted by atomic mass is 32.1. The Labute approximate surface area is 174 Å². The zero-order valence-electron chi connectivity index (χ0n) is 16.6. The summed E-state index contributed by atoms with van der Waals surface area (Å²) in [5.74, 6) is 0.827. The van der Waals surface area contributed by atoms with E-state index in [1.54, 1.807) is 16.2 Å². The van der Waals surface area contributed by atoms with Crippen LogP contribution in [0.2, 0.25) is 0 Å². The van der Waals surface area contributed by atoms with Gasteiger partial charge in [-0.2, -0.15) is 11.3 Å². The van der Waals surface area contributed by atoms with E-state index in [4.69, 9.17) is 9.47 Å². The number of ether oxygens (including phenoxy) is 2. The molecule has 0 bridgehead atoms. The lowest BCUT2D eigenvalue weighted by atomic mass is 10.1. The molecule has 0 saturated carbocycles. The Bertz CT molecular complexity index is 884. The van der Waals surface area contributed by atoms with Crippen LogP contribution in [-0.4, -0.2) is 57.1 Å². The van der Waals surface area contributed by atoms with Gasteiger partial charge in [-0.25, -0.2) is 0 Å². The van der Waals surface area contributed by atoms with Gasteiger partial charge in [0.15, 0.2) is 11.5 Å². The number of nitrogens with one attached hydrogen (secondary N) is 1. The van der Waals surface area contributed by atoms with Crippen LogP contribution in [0.5, 0.6) is 11.5 Å². The van der Waals surface area contributed by atoms with Gasteiger partial charge in [0, 0.05) is 31.3 Å². The summed E-state index contributed by atoms with van der Waals surface area (Å²) in [6.07, 6.45) is 0.214. The molecule has 2 aliphatic heterocycles. The van der Waals surface area contributed by atoms with Crippen LogP contribution in [0.25, 0.3) is 0 Å². The average molecular weight is 416 g/mol. The van der Waals surface area contributed by atoms with Crippen LogP contribution >= 0.6 is 11.3 Å². The summed E-state index contributed by atoms with van der Waals surface area (Å²) in [5.41, 5.74) is 1.92. The summed E-state index contributed by atoms with van der Waals surface area (Å²) in [7, 11) is 3.99. The summed E-state index contributed by atoms with van der Waals surface area (Å²) in [6.45, 7) is 1.90. The highest BCUT2D eigenvalue weighted by Gasteiger charge is 2.35. The third-order valence-electron chi connectivity index (χ3n) is 5.35. The molecule has 29 heavy (non-hydrogen) atoms. The van der Waals surface area contributed by atoms with Crippen molar-refractivity contribution in [3.05, 3.63) is 40.6 Å². The molecule has 1 aromatic heterocycles. The highest BCUT2D eigenvalue weighted by Crippen LogP contribution is 2.36. The molecular formula is C21H25N3O4S. The van der Waals surface area contributed by atoms with E-state index in [9.17, 15) is 9.59 Å². The first-order valence-electron chi connectivity index (χ1n) is 9.69. The second-order valence-electron chi connectivity index (χ2n) is 7.51. The van der Waals surface area contributed by atoms with E-state index in [1.165, 1.54) is 5.56 Å². The number of likely N-dealkylation sites (N-methyl/N-ethyl adjacent to an activating group) is 1. The van der Waals surface area contributed by atoms with Crippen LogP contribution in [0.1, 0.15) is 18.0 Å². The number of carbonyl (C=O) groups is 2. The first-order chi connectivity index (χ1) is 14.0. The van der Waals surface area contributed by atoms with E-state index in [-0.39, 0.29) is 30.2 Å². The molecular weight excluding hydrogens is 390 g/mol. The number of anilines is 1. The van der Waals surface area contributed by atoms with Gasteiger partial charge in [0.1, 0.15) is 13.2 Å². The topological polar surface area (TPSA) is 71.1 Å². The fourth-order valence-corrected chi connectivity index (χ4v) is 4.44. The Balaban J connectivity index is 1.39. The first kappa shape index (κ1) is 19.7. The molecule has 2 aliphatic rings. The van der Waals surface area contributed by atoms with E-state index >= 15 is 0 Å². The summed E-state index contributed by atoms with van der Waals surface area (Å²) >= 11 is 1.64. The van der Waals surface area contributed by atoms with Gasteiger partial charge in [0.25, 0.3) is 0 Å². The molecule has 7 nitrogen and oxygen atoms in total. The molecule has 154 valence electrons. The lowest BCUT2D eigenvalue weighted by molar-refractivity contribution is -0.126. The van der Waals surface area contributed by atoms with Gasteiger partial charge in [-0.15, -0.1) is 0 Å². The number of amides is 2. The zero-order valence-corrected chi connectivity index (χ0v) is 17.4. The van der Waals surface area contributed by atoms with Crippen molar-refractivity contribution >= 4 is 28.8 Å². The van der Waals surface area contributed by atoms with E-state index in [2.05, 4.69) is 21.7 Å². The van der Waals surface area contributed by atoms with Crippen molar-refractivity contribution in [2.24, 2.45) is 5.92 Å². The molecule has 1 N–H and O–H groups in total. The molecule has 2 amide bonds. The van der Waals surface area contributed by atoms with Crippen molar-refractivity contribution in [2.75, 3.05) is 45.3 Å². The molecule has 8 heteroatoms. The number of hydrogen-bond acceptors (Lipinski definition) is 6. The Kier molecular flexibility index (Phi) is 5.73. The first-order valence-corrected chi connectivity index (χ1v) is 10.6. The maximum atomic E-state index is 12.7. The molecule has 1 fully saturated rings. The molecule has 4 rings (SSSR count). The quantitative estimate of drug-likeness (QED) is 0.784. The maximum Gasteiger partial charge on any atom is 0.227 e. The Hall–Kier alpha value is -2.58. The third kappa shape index (κ3) is 4.23. The Morgan fingerprint density at radius 1 is 1.28 bits per heavy atom. The van der Waals surface area contributed by atoms with Crippen molar-refractivity contribution in [1.82, 2.24) is 10.2 Å². The van der Waals surface area contributed by atoms with Gasteiger partial charge in [0.2, 0.25) is 11.8 Å². The number of benzene rings is 1. The predicted molar refractivity (Wildman–Crippen MR) is 112 cm³/mol. The Morgan fingerprint density at radius 3 is 2.79 bits per heavy atom. The largest absolute Gasteiger partial charge is 0.486 e. The predicted octanol–water partition coefficient (Wildman–Crippen LogP) is 2.29. The fourth-order valence-electron chi connectivity index (χ4n) is 3.74. The number of rotatable bonds is 6. The number of nitrogens with zero attached hydrogens (tertiary/aromatic N) is 2. The normalized spacial score (nSPS) is 19.5. The Morgan fingerprint density at radius 2 is 2.07 bits per heavy atom. The molecule has 0 spiro atoms. The molecule has 0 radical (unpaired) electrons. The zero-order chi connectivity index (χ0) is 20.4. The second kappa shape index (κ2) is 8.42. The van der Waals surface area contributed by atoms with Gasteiger partial charge >= 0.3 is 0 Å². The molecule has 0 unspecified atom stereocenters.